The molecule has 2 aliphatic rings. The lowest BCUT2D eigenvalue weighted by molar-refractivity contribution is 0.125. The van der Waals surface area contributed by atoms with Crippen LogP contribution in [0.4, 0.5) is 8.78 Å². The number of nitrogens with two attached hydrogens (primary N) is 1. The van der Waals surface area contributed by atoms with E-state index in [0.717, 1.165) is 41.3 Å². The van der Waals surface area contributed by atoms with E-state index in [1.807, 2.05) is 10.7 Å². The summed E-state index contributed by atoms with van der Waals surface area (Å²) in [6.07, 6.45) is 4.73. The summed E-state index contributed by atoms with van der Waals surface area (Å²) < 4.78 is 24.8. The predicted molar refractivity (Wildman–Crippen MR) is 90.4 cm³/mol. The molecule has 0 aliphatic carbocycles. The van der Waals surface area contributed by atoms with E-state index in [0.29, 0.717) is 18.7 Å². The molecule has 4 N–H and O–H groups in total. The quantitative estimate of drug-likeness (QED) is 0.538. The van der Waals surface area contributed by atoms with Gasteiger partial charge in [-0.25, -0.2) is 4.98 Å². The minimum absolute atomic E-state index is 0.272. The first-order chi connectivity index (χ1) is 11.6. The minimum atomic E-state index is -2.67. The summed E-state index contributed by atoms with van der Waals surface area (Å²) in [5.41, 5.74) is 8.03. The third-order valence-corrected chi connectivity index (χ3v) is 4.83. The molecule has 24 heavy (non-hydrogen) atoms. The first kappa shape index (κ1) is 16.7. The molecule has 1 aromatic heterocycles. The molecular formula is C15H18F2N6S. The maximum Gasteiger partial charge on any atom is 0.312 e. The third-order valence-electron chi connectivity index (χ3n) is 4.07. The van der Waals surface area contributed by atoms with Crippen LogP contribution >= 0.6 is 11.3 Å². The Morgan fingerprint density at radius 1 is 1.58 bits per heavy atom. The molecule has 0 spiro atoms. The van der Waals surface area contributed by atoms with Gasteiger partial charge in [0.2, 0.25) is 0 Å². The van der Waals surface area contributed by atoms with Crippen LogP contribution in [0.2, 0.25) is 0 Å². The summed E-state index contributed by atoms with van der Waals surface area (Å²) in [5.74, 6) is 1.07. The monoisotopic (exact) mass is 352 g/mol. The number of alkyl halides is 2. The van der Waals surface area contributed by atoms with Gasteiger partial charge in [0.15, 0.2) is 10.8 Å². The summed E-state index contributed by atoms with van der Waals surface area (Å²) in [6.45, 7) is -1.07. The molecule has 1 saturated heterocycles. The molecule has 3 heterocycles. The van der Waals surface area contributed by atoms with Gasteiger partial charge in [-0.2, -0.15) is 8.78 Å². The average molecular weight is 352 g/mol. The summed E-state index contributed by atoms with van der Waals surface area (Å²) in [4.78, 5) is 11.0. The molecular weight excluding hydrogens is 334 g/mol. The zero-order valence-corrected chi connectivity index (χ0v) is 13.7. The summed E-state index contributed by atoms with van der Waals surface area (Å²) >= 11 is 1.51. The lowest BCUT2D eigenvalue weighted by atomic mass is 10.00. The number of rotatable bonds is 6. The molecule has 1 aromatic rings. The molecule has 6 nitrogen and oxygen atoms in total. The fourth-order valence-corrected chi connectivity index (χ4v) is 3.60. The Morgan fingerprint density at radius 3 is 3.04 bits per heavy atom. The number of halogens is 2. The van der Waals surface area contributed by atoms with Crippen LogP contribution in [0.25, 0.3) is 0 Å². The highest BCUT2D eigenvalue weighted by molar-refractivity contribution is 7.11. The van der Waals surface area contributed by atoms with Crippen LogP contribution in [0.3, 0.4) is 0 Å². The van der Waals surface area contributed by atoms with Crippen LogP contribution < -0.4 is 11.1 Å². The molecule has 1 fully saturated rings. The highest BCUT2D eigenvalue weighted by Gasteiger charge is 2.35. The van der Waals surface area contributed by atoms with Crippen molar-refractivity contribution in [3.8, 4) is 0 Å². The van der Waals surface area contributed by atoms with E-state index >= 15 is 0 Å². The normalized spacial score (nSPS) is 21.2. The second kappa shape index (κ2) is 7.18. The zero-order valence-electron chi connectivity index (χ0n) is 12.9. The lowest BCUT2D eigenvalue weighted by Gasteiger charge is -2.28. The van der Waals surface area contributed by atoms with Gasteiger partial charge in [0.25, 0.3) is 0 Å². The molecule has 3 rings (SSSR count). The van der Waals surface area contributed by atoms with E-state index < -0.39 is 6.55 Å². The summed E-state index contributed by atoms with van der Waals surface area (Å²) in [7, 11) is 0. The molecule has 0 aromatic carbocycles. The Labute approximate surface area is 142 Å². The van der Waals surface area contributed by atoms with Gasteiger partial charge >= 0.3 is 6.55 Å². The molecule has 0 saturated carbocycles. The van der Waals surface area contributed by atoms with Crippen LogP contribution in [0.5, 0.6) is 0 Å². The zero-order chi connectivity index (χ0) is 17.1. The smallest absolute Gasteiger partial charge is 0.312 e. The van der Waals surface area contributed by atoms with Crippen molar-refractivity contribution < 1.29 is 8.78 Å². The van der Waals surface area contributed by atoms with E-state index in [2.05, 4.69) is 14.9 Å². The average Bonchev–Trinajstić information content (AvgIpc) is 3.24. The van der Waals surface area contributed by atoms with Gasteiger partial charge in [-0.15, -0.1) is 11.3 Å². The van der Waals surface area contributed by atoms with Crippen molar-refractivity contribution in [3.05, 3.63) is 39.6 Å². The fraction of sp³-hybridized carbons (Fsp3) is 0.400. The third kappa shape index (κ3) is 3.22. The molecule has 1 atom stereocenters. The van der Waals surface area contributed by atoms with Gasteiger partial charge in [-0.1, -0.05) is 0 Å². The van der Waals surface area contributed by atoms with Crippen LogP contribution in [0.1, 0.15) is 11.4 Å². The Balaban J connectivity index is 1.96. The van der Waals surface area contributed by atoms with Crippen molar-refractivity contribution in [1.82, 2.24) is 15.2 Å². The predicted octanol–water partition coefficient (Wildman–Crippen LogP) is 1.78. The topological polar surface area (TPSA) is 90.4 Å². The van der Waals surface area contributed by atoms with E-state index in [1.54, 1.807) is 6.20 Å². The van der Waals surface area contributed by atoms with Crippen molar-refractivity contribution in [2.24, 2.45) is 16.6 Å². The lowest BCUT2D eigenvalue weighted by Crippen LogP contribution is -2.33. The second-order valence-electron chi connectivity index (χ2n) is 5.53. The van der Waals surface area contributed by atoms with E-state index in [1.165, 1.54) is 17.5 Å². The van der Waals surface area contributed by atoms with Gasteiger partial charge in [-0.3, -0.25) is 4.99 Å². The molecule has 0 bridgehead atoms. The standard InChI is InChI=1S/C15H18F2N6S/c16-15(17)22-6-10(5-19)11-7-21-13(14-20-1-2-24-14)23-8-9(4-18)3-12(11)23/h1-2,5-6,9,15,19,22H,3-4,7-8,18H2/b10-6+,19-5?. The van der Waals surface area contributed by atoms with E-state index in [4.69, 9.17) is 11.1 Å². The number of nitrogens with zero attached hydrogens (tertiary/aromatic N) is 3. The fourth-order valence-electron chi connectivity index (χ4n) is 2.95. The van der Waals surface area contributed by atoms with Crippen molar-refractivity contribution >= 4 is 23.4 Å². The molecule has 1 unspecified atom stereocenters. The number of allylic oxidation sites excluding steroid dienone is 1. The number of aromatic nitrogens is 1. The van der Waals surface area contributed by atoms with Crippen LogP contribution in [-0.2, 0) is 0 Å². The number of fused-ring (bicyclic) bond motifs is 1. The van der Waals surface area contributed by atoms with Gasteiger partial charge in [0.05, 0.1) is 6.54 Å². The SMILES string of the molecule is N=C/C(=C\NC(F)F)C1=C2CC(CN)CN2C(c2nccs2)=NC1. The maximum absolute atomic E-state index is 12.4. The number of amidine groups is 1. The highest BCUT2D eigenvalue weighted by Crippen LogP contribution is 2.35. The number of thiazole rings is 1. The van der Waals surface area contributed by atoms with Crippen LogP contribution in [0.15, 0.2) is 39.6 Å². The second-order valence-corrected chi connectivity index (χ2v) is 6.42. The first-order valence-electron chi connectivity index (χ1n) is 7.53. The Bertz CT molecular complexity index is 695. The molecule has 0 amide bonds. The van der Waals surface area contributed by atoms with Crippen molar-refractivity contribution in [3.63, 3.8) is 0 Å². The molecule has 2 aliphatic heterocycles. The van der Waals surface area contributed by atoms with Gasteiger partial charge in [0.1, 0.15) is 0 Å². The Hall–Kier alpha value is -2.13. The Morgan fingerprint density at radius 2 is 2.42 bits per heavy atom. The van der Waals surface area contributed by atoms with Gasteiger partial charge in [-0.05, 0) is 18.9 Å². The van der Waals surface area contributed by atoms with Crippen LogP contribution in [-0.4, -0.2) is 48.1 Å². The highest BCUT2D eigenvalue weighted by atomic mass is 32.1. The van der Waals surface area contributed by atoms with Crippen molar-refractivity contribution in [1.29, 1.82) is 5.41 Å². The van der Waals surface area contributed by atoms with Crippen molar-refractivity contribution in [2.45, 2.75) is 13.0 Å². The Kier molecular flexibility index (Phi) is 5.00. The molecule has 128 valence electrons. The van der Waals surface area contributed by atoms with Gasteiger partial charge < -0.3 is 21.4 Å². The van der Waals surface area contributed by atoms with Crippen molar-refractivity contribution in [2.75, 3.05) is 19.6 Å². The number of hydrogen-bond donors (Lipinski definition) is 3. The number of hydrogen-bond acceptors (Lipinski definition) is 7. The first-order valence-corrected chi connectivity index (χ1v) is 8.41. The summed E-state index contributed by atoms with van der Waals surface area (Å²) in [6, 6.07) is 0. The number of nitrogens with one attached hydrogen (secondary N) is 2. The van der Waals surface area contributed by atoms with Gasteiger partial charge in [0, 0.05) is 47.4 Å². The number of aliphatic imine (C=N–C) groups is 1. The molecule has 0 radical (unpaired) electrons. The largest absolute Gasteiger partial charge is 0.336 e. The van der Waals surface area contributed by atoms with E-state index in [-0.39, 0.29) is 5.92 Å². The van der Waals surface area contributed by atoms with E-state index in [9.17, 15) is 8.78 Å². The van der Waals surface area contributed by atoms with Crippen LogP contribution in [0, 0.1) is 11.3 Å². The summed E-state index contributed by atoms with van der Waals surface area (Å²) in [5, 5.41) is 12.2. The maximum atomic E-state index is 12.4. The molecule has 9 heteroatoms. The minimum Gasteiger partial charge on any atom is -0.336 e.